The standard InChI is InChI=1S/C6H9N3OS/c1-3-4(5(7)10)6(8-2)11-9-3/h8H,1-2H3,(H2,7,10). The number of nitrogens with one attached hydrogen (secondary N) is 1. The molecule has 1 heterocycles. The molecule has 0 saturated carbocycles. The summed E-state index contributed by atoms with van der Waals surface area (Å²) in [5.41, 5.74) is 6.31. The fraction of sp³-hybridized carbons (Fsp3) is 0.333. The number of rotatable bonds is 2. The zero-order valence-corrected chi connectivity index (χ0v) is 7.16. The third-order valence-corrected chi connectivity index (χ3v) is 2.29. The van der Waals surface area contributed by atoms with Gasteiger partial charge in [0, 0.05) is 7.05 Å². The van der Waals surface area contributed by atoms with E-state index in [1.54, 1.807) is 14.0 Å². The number of amides is 1. The number of primary amides is 1. The van der Waals surface area contributed by atoms with Crippen LogP contribution in [0.5, 0.6) is 0 Å². The molecule has 0 spiro atoms. The summed E-state index contributed by atoms with van der Waals surface area (Å²) in [5, 5.41) is 3.58. The summed E-state index contributed by atoms with van der Waals surface area (Å²) < 4.78 is 3.99. The third-order valence-electron chi connectivity index (χ3n) is 1.34. The Bertz CT molecular complexity index is 281. The molecule has 0 bridgehead atoms. The lowest BCUT2D eigenvalue weighted by Crippen LogP contribution is -2.13. The summed E-state index contributed by atoms with van der Waals surface area (Å²) >= 11 is 1.24. The normalized spacial score (nSPS) is 9.64. The summed E-state index contributed by atoms with van der Waals surface area (Å²) in [5.74, 6) is -0.430. The first-order valence-corrected chi connectivity index (χ1v) is 3.88. The quantitative estimate of drug-likeness (QED) is 0.684. The van der Waals surface area contributed by atoms with Crippen molar-refractivity contribution >= 4 is 22.4 Å². The summed E-state index contributed by atoms with van der Waals surface area (Å²) in [7, 11) is 1.74. The van der Waals surface area contributed by atoms with E-state index in [0.717, 1.165) is 5.00 Å². The average Bonchev–Trinajstić information content (AvgIpc) is 2.30. The van der Waals surface area contributed by atoms with Gasteiger partial charge in [-0.1, -0.05) is 0 Å². The molecule has 1 aromatic heterocycles. The van der Waals surface area contributed by atoms with Crippen LogP contribution in [0.25, 0.3) is 0 Å². The van der Waals surface area contributed by atoms with Crippen molar-refractivity contribution in [2.24, 2.45) is 5.73 Å². The molecule has 11 heavy (non-hydrogen) atoms. The summed E-state index contributed by atoms with van der Waals surface area (Å²) in [6.45, 7) is 1.76. The Hall–Kier alpha value is -1.10. The van der Waals surface area contributed by atoms with E-state index in [4.69, 9.17) is 5.73 Å². The van der Waals surface area contributed by atoms with Crippen LogP contribution in [0.4, 0.5) is 5.00 Å². The van der Waals surface area contributed by atoms with Crippen molar-refractivity contribution in [3.8, 4) is 0 Å². The maximum absolute atomic E-state index is 10.8. The molecule has 0 aliphatic heterocycles. The molecule has 0 radical (unpaired) electrons. The molecule has 5 heteroatoms. The molecule has 0 aliphatic rings. The fourth-order valence-electron chi connectivity index (χ4n) is 0.831. The number of anilines is 1. The fourth-order valence-corrected chi connectivity index (χ4v) is 1.58. The SMILES string of the molecule is CNc1snc(C)c1C(N)=O. The second kappa shape index (κ2) is 2.87. The lowest BCUT2D eigenvalue weighted by molar-refractivity contribution is 0.100. The van der Waals surface area contributed by atoms with Gasteiger partial charge in [-0.3, -0.25) is 4.79 Å². The van der Waals surface area contributed by atoms with Crippen LogP contribution in [0.1, 0.15) is 16.1 Å². The second-order valence-corrected chi connectivity index (χ2v) is 2.86. The van der Waals surface area contributed by atoms with E-state index in [-0.39, 0.29) is 0 Å². The molecule has 1 aromatic rings. The van der Waals surface area contributed by atoms with E-state index >= 15 is 0 Å². The number of hydrogen-bond acceptors (Lipinski definition) is 4. The zero-order valence-electron chi connectivity index (χ0n) is 6.34. The number of aromatic nitrogens is 1. The smallest absolute Gasteiger partial charge is 0.253 e. The van der Waals surface area contributed by atoms with Crippen LogP contribution >= 0.6 is 11.5 Å². The van der Waals surface area contributed by atoms with Gasteiger partial charge in [0.1, 0.15) is 5.00 Å². The van der Waals surface area contributed by atoms with Crippen LogP contribution in [-0.2, 0) is 0 Å². The first kappa shape index (κ1) is 8.00. The lowest BCUT2D eigenvalue weighted by atomic mass is 10.2. The Kier molecular flexibility index (Phi) is 2.09. The van der Waals surface area contributed by atoms with Crippen LogP contribution in [0.2, 0.25) is 0 Å². The van der Waals surface area contributed by atoms with Gasteiger partial charge >= 0.3 is 0 Å². The monoisotopic (exact) mass is 171 g/mol. The Labute approximate surface area is 68.6 Å². The molecule has 0 fully saturated rings. The Balaban J connectivity index is 3.17. The lowest BCUT2D eigenvalue weighted by Gasteiger charge is -1.96. The van der Waals surface area contributed by atoms with E-state index in [9.17, 15) is 4.79 Å². The molecule has 60 valence electrons. The molecule has 0 aromatic carbocycles. The van der Waals surface area contributed by atoms with E-state index < -0.39 is 5.91 Å². The van der Waals surface area contributed by atoms with Crippen LogP contribution in [0.15, 0.2) is 0 Å². The average molecular weight is 171 g/mol. The first-order valence-electron chi connectivity index (χ1n) is 3.10. The topological polar surface area (TPSA) is 68.0 Å². The zero-order chi connectivity index (χ0) is 8.43. The van der Waals surface area contributed by atoms with Gasteiger partial charge in [-0.05, 0) is 18.5 Å². The number of carbonyl (C=O) groups is 1. The van der Waals surface area contributed by atoms with Crippen LogP contribution in [0, 0.1) is 6.92 Å². The van der Waals surface area contributed by atoms with Gasteiger partial charge in [-0.15, -0.1) is 0 Å². The second-order valence-electron chi connectivity index (χ2n) is 2.09. The predicted molar refractivity (Wildman–Crippen MR) is 44.9 cm³/mol. The molecule has 1 rings (SSSR count). The number of hydrogen-bond donors (Lipinski definition) is 2. The number of nitrogens with zero attached hydrogens (tertiary/aromatic N) is 1. The third kappa shape index (κ3) is 1.32. The molecule has 0 saturated heterocycles. The maximum Gasteiger partial charge on any atom is 0.253 e. The molecule has 1 amide bonds. The number of aryl methyl sites for hydroxylation is 1. The van der Waals surface area contributed by atoms with Crippen molar-refractivity contribution < 1.29 is 4.79 Å². The molecule has 3 N–H and O–H groups in total. The van der Waals surface area contributed by atoms with Crippen molar-refractivity contribution in [1.82, 2.24) is 4.37 Å². The van der Waals surface area contributed by atoms with Crippen LogP contribution in [0.3, 0.4) is 0 Å². The maximum atomic E-state index is 10.8. The highest BCUT2D eigenvalue weighted by Crippen LogP contribution is 2.22. The summed E-state index contributed by atoms with van der Waals surface area (Å²) in [6.07, 6.45) is 0. The first-order chi connectivity index (χ1) is 5.16. The summed E-state index contributed by atoms with van der Waals surface area (Å²) in [6, 6.07) is 0. The molecule has 4 nitrogen and oxygen atoms in total. The highest BCUT2D eigenvalue weighted by molar-refractivity contribution is 7.10. The molecule has 0 unspecified atom stereocenters. The molecular weight excluding hydrogens is 162 g/mol. The Morgan fingerprint density at radius 3 is 2.73 bits per heavy atom. The van der Waals surface area contributed by atoms with E-state index in [0.29, 0.717) is 11.3 Å². The molecule has 0 atom stereocenters. The summed E-state index contributed by atoms with van der Waals surface area (Å²) in [4.78, 5) is 10.8. The minimum absolute atomic E-state index is 0.430. The minimum atomic E-state index is -0.430. The minimum Gasteiger partial charge on any atom is -0.378 e. The van der Waals surface area contributed by atoms with E-state index in [2.05, 4.69) is 9.69 Å². The van der Waals surface area contributed by atoms with Crippen LogP contribution < -0.4 is 11.1 Å². The Morgan fingerprint density at radius 1 is 1.73 bits per heavy atom. The predicted octanol–water partition coefficient (Wildman–Crippen LogP) is 0.592. The van der Waals surface area contributed by atoms with E-state index in [1.165, 1.54) is 11.5 Å². The largest absolute Gasteiger partial charge is 0.378 e. The van der Waals surface area contributed by atoms with Crippen LogP contribution in [-0.4, -0.2) is 17.3 Å². The van der Waals surface area contributed by atoms with Gasteiger partial charge in [0.2, 0.25) is 0 Å². The van der Waals surface area contributed by atoms with Crippen molar-refractivity contribution in [3.05, 3.63) is 11.3 Å². The van der Waals surface area contributed by atoms with Gasteiger partial charge in [-0.2, -0.15) is 4.37 Å². The molecular formula is C6H9N3OS. The number of nitrogens with two attached hydrogens (primary N) is 1. The van der Waals surface area contributed by atoms with Gasteiger partial charge in [-0.25, -0.2) is 0 Å². The van der Waals surface area contributed by atoms with Gasteiger partial charge in [0.15, 0.2) is 0 Å². The highest BCUT2D eigenvalue weighted by atomic mass is 32.1. The van der Waals surface area contributed by atoms with E-state index in [1.807, 2.05) is 0 Å². The van der Waals surface area contributed by atoms with Crippen molar-refractivity contribution in [1.29, 1.82) is 0 Å². The van der Waals surface area contributed by atoms with Gasteiger partial charge < -0.3 is 11.1 Å². The van der Waals surface area contributed by atoms with Crippen molar-refractivity contribution in [3.63, 3.8) is 0 Å². The van der Waals surface area contributed by atoms with Crippen molar-refractivity contribution in [2.75, 3.05) is 12.4 Å². The highest BCUT2D eigenvalue weighted by Gasteiger charge is 2.13. The van der Waals surface area contributed by atoms with Crippen molar-refractivity contribution in [2.45, 2.75) is 6.92 Å². The van der Waals surface area contributed by atoms with Gasteiger partial charge in [0.25, 0.3) is 5.91 Å². The Morgan fingerprint density at radius 2 is 2.36 bits per heavy atom. The molecule has 0 aliphatic carbocycles. The number of carbonyl (C=O) groups excluding carboxylic acids is 1. The van der Waals surface area contributed by atoms with Gasteiger partial charge in [0.05, 0.1) is 11.3 Å².